The quantitative estimate of drug-likeness (QED) is 0.0154. The molecule has 27 heteroatoms. The van der Waals surface area contributed by atoms with E-state index < -0.39 is 116 Å². The van der Waals surface area contributed by atoms with Crippen LogP contribution in [0.15, 0.2) is 24.3 Å². The van der Waals surface area contributed by atoms with E-state index in [9.17, 15) is 74.7 Å². The molecule has 1 aromatic carbocycles. The van der Waals surface area contributed by atoms with Gasteiger partial charge in [0.05, 0.1) is 49.9 Å². The van der Waals surface area contributed by atoms with Gasteiger partial charge in [0, 0.05) is 63.1 Å². The van der Waals surface area contributed by atoms with Gasteiger partial charge in [0.2, 0.25) is 17.6 Å². The first-order chi connectivity index (χ1) is 30.8. The summed E-state index contributed by atoms with van der Waals surface area (Å²) >= 11 is 2.96. The van der Waals surface area contributed by atoms with Crippen LogP contribution in [0.4, 0.5) is 0 Å². The first-order valence-electron chi connectivity index (χ1n) is 21.0. The molecule has 0 aromatic heterocycles. The van der Waals surface area contributed by atoms with Crippen molar-refractivity contribution in [3.05, 3.63) is 35.4 Å². The number of carboxylic acid groups (broad SMARTS) is 1. The van der Waals surface area contributed by atoms with Crippen molar-refractivity contribution in [2.24, 2.45) is 0 Å². The summed E-state index contributed by atoms with van der Waals surface area (Å²) in [7, 11) is 0. The minimum Gasteiger partial charge on any atom is -0.870 e. The number of Topliss-reactive ketones (excluding diaryl/α,β-unsaturated/α-hetero) is 1. The van der Waals surface area contributed by atoms with E-state index in [1.165, 1.54) is 30.4 Å². The number of aliphatic carboxylic acids is 1. The van der Waals surface area contributed by atoms with Crippen LogP contribution in [0.1, 0.15) is 73.1 Å². The Balaban J connectivity index is 0.0000150. The van der Waals surface area contributed by atoms with Crippen LogP contribution in [0.25, 0.3) is 0 Å². The van der Waals surface area contributed by atoms with E-state index in [0.717, 1.165) is 6.92 Å². The molecular weight excluding hydrogens is 965 g/mol. The Morgan fingerprint density at radius 2 is 1.24 bits per heavy atom. The van der Waals surface area contributed by atoms with Crippen molar-refractivity contribution in [2.45, 2.75) is 125 Å². The van der Waals surface area contributed by atoms with Crippen LogP contribution in [0.2, 0.25) is 0 Å². The number of carboxylic acids is 1. The zero-order valence-electron chi connectivity index (χ0n) is 38.5. The van der Waals surface area contributed by atoms with Gasteiger partial charge in [-0.2, -0.15) is 23.5 Å². The maximum atomic E-state index is 12.8. The van der Waals surface area contributed by atoms with Gasteiger partial charge in [0.15, 0.2) is 5.78 Å². The predicted octanol–water partition coefficient (Wildman–Crippen LogP) is -10.5. The number of thioether (sulfide) groups is 2. The van der Waals surface area contributed by atoms with Crippen LogP contribution in [-0.2, 0) is 38.1 Å². The number of carbonyl (C=O) groups is 5. The van der Waals surface area contributed by atoms with E-state index in [1.807, 2.05) is 0 Å². The number of nitrogens with one attached hydrogen (secondary N) is 3. The smallest absolute Gasteiger partial charge is 0.870 e. The Labute approximate surface area is 446 Å². The van der Waals surface area contributed by atoms with Crippen LogP contribution in [0.3, 0.4) is 0 Å². The van der Waals surface area contributed by atoms with E-state index in [0.29, 0.717) is 59.9 Å². The molecule has 0 radical (unpaired) electrons. The molecule has 376 valence electrons. The number of amides is 3. The molecule has 0 aliphatic carbocycles. The molecule has 2 aliphatic heterocycles. The molecule has 3 amide bonds. The topological polar surface area (TPSA) is 390 Å². The molecular formula is C41H62N3Na2O20S2-. The molecule has 2 heterocycles. The number of ether oxygens (including phenoxy) is 4. The van der Waals surface area contributed by atoms with Gasteiger partial charge in [-0.25, -0.2) is 6.29 Å². The first kappa shape index (κ1) is 66.6. The fourth-order valence-electron chi connectivity index (χ4n) is 7.07. The van der Waals surface area contributed by atoms with Crippen LogP contribution < -0.4 is 80.2 Å². The molecule has 2 aliphatic rings. The molecule has 1 aromatic rings. The van der Waals surface area contributed by atoms with Crippen molar-refractivity contribution in [3.63, 3.8) is 0 Å². The summed E-state index contributed by atoms with van der Waals surface area (Å²) in [5, 5.41) is 101. The second-order valence-corrected chi connectivity index (χ2v) is 18.0. The van der Waals surface area contributed by atoms with Gasteiger partial charge in [-0.15, -0.1) is 0 Å². The standard InChI is InChI=1S/C41H62N3O19S2.2Na.H2O/c1-23(48)43-32-28(51)18-40(22-47,62-36(32)34(55)30(53)20-45)60-12-4-16-65-17-11-42-38(57)26-9-7-25(8-10-26)27(50)6-3-14-64-15-5-13-61-41(39(58)59)19-29(52)33(44-24(2)49)37(63-41)35(56)31(54)21-46;;;/h7-10,28-37,45-46,51-56H,3-6,11-21H2,1-2H3,(H,42,57)(H,43,48)(H,44,49)(H,58,59);;;1H2/q-1;2*+1;/p-2/t28-,29-,30+,31+,32+,33+,34+,35+,36+,37+,40+,41+;;;/m0.../s1. The maximum Gasteiger partial charge on any atom is 1.00 e. The molecule has 0 saturated carbocycles. The van der Waals surface area contributed by atoms with Crippen molar-refractivity contribution in [2.75, 3.05) is 56.0 Å². The molecule has 0 bridgehead atoms. The van der Waals surface area contributed by atoms with Crippen LogP contribution in [-0.4, -0.2) is 211 Å². The Kier molecular flexibility index (Phi) is 32.7. The molecule has 12 N–H and O–H groups in total. The largest absolute Gasteiger partial charge is 1.00 e. The van der Waals surface area contributed by atoms with E-state index in [1.54, 1.807) is 30.6 Å². The van der Waals surface area contributed by atoms with Crippen molar-refractivity contribution in [1.29, 1.82) is 0 Å². The van der Waals surface area contributed by atoms with Gasteiger partial charge in [-0.05, 0) is 48.7 Å². The van der Waals surface area contributed by atoms with E-state index in [4.69, 9.17) is 18.9 Å². The number of hydrogen-bond acceptors (Lipinski definition) is 22. The van der Waals surface area contributed by atoms with Crippen LogP contribution in [0, 0.1) is 0 Å². The molecule has 12 atom stereocenters. The monoisotopic (exact) mass is 1030 g/mol. The van der Waals surface area contributed by atoms with Crippen molar-refractivity contribution >= 4 is 59.3 Å². The number of aliphatic hydroxyl groups is 8. The fraction of sp³-hybridized carbons (Fsp3) is 0.707. The Morgan fingerprint density at radius 3 is 1.74 bits per heavy atom. The molecule has 2 saturated heterocycles. The number of hydrogen-bond donors (Lipinski definition) is 11. The Bertz CT molecular complexity index is 1710. The summed E-state index contributed by atoms with van der Waals surface area (Å²) in [6.07, 6.45) is -11.3. The normalized spacial score (nSPS) is 26.2. The summed E-state index contributed by atoms with van der Waals surface area (Å²) in [5.41, 5.74) is 0.786. The van der Waals surface area contributed by atoms with E-state index >= 15 is 0 Å². The number of aliphatic hydroxyl groups excluding tert-OH is 8. The number of rotatable bonds is 29. The van der Waals surface area contributed by atoms with Gasteiger partial charge in [-0.1, -0.05) is 12.1 Å². The Morgan fingerprint density at radius 1 is 0.765 bits per heavy atom. The number of ketones is 1. The Hall–Kier alpha value is -1.38. The van der Waals surface area contributed by atoms with E-state index in [2.05, 4.69) is 16.0 Å². The van der Waals surface area contributed by atoms with Gasteiger partial charge < -0.3 is 95.9 Å². The molecule has 23 nitrogen and oxygen atoms in total. The fourth-order valence-corrected chi connectivity index (χ4v) is 8.71. The number of benzene rings is 1. The molecule has 3 rings (SSSR count). The average molecular weight is 1030 g/mol. The summed E-state index contributed by atoms with van der Waals surface area (Å²) in [4.78, 5) is 72.9. The molecule has 68 heavy (non-hydrogen) atoms. The van der Waals surface area contributed by atoms with E-state index in [-0.39, 0.29) is 95.9 Å². The third-order valence-electron chi connectivity index (χ3n) is 10.4. The third kappa shape index (κ3) is 20.3. The van der Waals surface area contributed by atoms with Gasteiger partial charge in [-0.3, -0.25) is 19.2 Å². The second kappa shape index (κ2) is 33.4. The molecule has 0 unspecified atom stereocenters. The average Bonchev–Trinajstić information content (AvgIpc) is 3.28. The second-order valence-electron chi connectivity index (χ2n) is 15.5. The van der Waals surface area contributed by atoms with Crippen LogP contribution in [0.5, 0.6) is 0 Å². The maximum absolute atomic E-state index is 12.8. The summed E-state index contributed by atoms with van der Waals surface area (Å²) in [6.45, 7) is 0.685. The minimum atomic E-state index is -2.51. The van der Waals surface area contributed by atoms with Gasteiger partial charge in [0.1, 0.15) is 42.6 Å². The minimum absolute atomic E-state index is 0. The zero-order valence-corrected chi connectivity index (χ0v) is 44.2. The third-order valence-corrected chi connectivity index (χ3v) is 12.6. The predicted molar refractivity (Wildman–Crippen MR) is 231 cm³/mol. The van der Waals surface area contributed by atoms with Crippen molar-refractivity contribution in [3.8, 4) is 0 Å². The van der Waals surface area contributed by atoms with Crippen molar-refractivity contribution < 1.29 is 158 Å². The van der Waals surface area contributed by atoms with Gasteiger partial charge >= 0.3 is 59.1 Å². The summed E-state index contributed by atoms with van der Waals surface area (Å²) in [6, 6.07) is 3.69. The first-order valence-corrected chi connectivity index (χ1v) is 23.3. The number of carbonyl (C=O) groups excluding carboxylic acids is 6. The van der Waals surface area contributed by atoms with Crippen molar-refractivity contribution in [1.82, 2.24) is 16.0 Å². The summed E-state index contributed by atoms with van der Waals surface area (Å²) in [5.74, 6) is -5.94. The summed E-state index contributed by atoms with van der Waals surface area (Å²) < 4.78 is 22.3. The van der Waals surface area contributed by atoms with Gasteiger partial charge in [0.25, 0.3) is 5.91 Å². The molecule has 0 spiro atoms. The molecule has 2 fully saturated rings. The zero-order chi connectivity index (χ0) is 48.3. The SMILES string of the molecule is CC(=O)N[C@H]1[C@H]([C@H](O)[C@H](O)CO)O[C@]([C-]=O)(OCCCSCCNC(=O)c2ccc(C(=O)CCCSCCCO[C@]3(C(=O)[O-])C[C@H](O)[C@@H](NC(C)=O)[C@H]([C@H](O)[C@H](O)CO)O3)cc2)C[C@@H]1O.[Na+].[Na+].[OH-]. The van der Waals surface area contributed by atoms with Crippen LogP contribution >= 0.6 is 23.5 Å².